The van der Waals surface area contributed by atoms with Crippen LogP contribution in [0.15, 0.2) is 23.1 Å². The first-order chi connectivity index (χ1) is 10.4. The Labute approximate surface area is 145 Å². The van der Waals surface area contributed by atoms with Crippen LogP contribution < -0.4 is 4.74 Å². The van der Waals surface area contributed by atoms with Gasteiger partial charge in [-0.15, -0.1) is 0 Å². The Morgan fingerprint density at radius 2 is 2.18 bits per heavy atom. The van der Waals surface area contributed by atoms with Gasteiger partial charge in [-0.05, 0) is 37.1 Å². The molecule has 2 rings (SSSR count). The standard InChI is InChI=1S/C16H18ClNO2S2/c1-4-18-15(19)14(22-16(18)21)8-11-7-12(17)5-6-13(11)20-9-10(2)3/h5-8,10H,4,9H2,1-3H3/b14-8-. The van der Waals surface area contributed by atoms with E-state index in [2.05, 4.69) is 13.8 Å². The normalized spacial score (nSPS) is 17.0. The van der Waals surface area contributed by atoms with Gasteiger partial charge in [0.15, 0.2) is 0 Å². The van der Waals surface area contributed by atoms with Crippen molar-refractivity contribution in [2.75, 3.05) is 13.2 Å². The number of hydrogen-bond acceptors (Lipinski definition) is 4. The molecule has 1 aliphatic rings. The lowest BCUT2D eigenvalue weighted by Gasteiger charge is -2.12. The van der Waals surface area contributed by atoms with Crippen molar-refractivity contribution in [2.45, 2.75) is 20.8 Å². The summed E-state index contributed by atoms with van der Waals surface area (Å²) in [5, 5.41) is 0.606. The summed E-state index contributed by atoms with van der Waals surface area (Å²) in [6, 6.07) is 5.42. The Hall–Kier alpha value is -1.04. The highest BCUT2D eigenvalue weighted by Gasteiger charge is 2.30. The zero-order chi connectivity index (χ0) is 16.3. The van der Waals surface area contributed by atoms with E-state index in [1.54, 1.807) is 23.1 Å². The van der Waals surface area contributed by atoms with E-state index in [9.17, 15) is 4.79 Å². The molecule has 0 N–H and O–H groups in total. The molecule has 1 aromatic carbocycles. The maximum atomic E-state index is 12.3. The third-order valence-corrected chi connectivity index (χ3v) is 4.63. The number of thioether (sulfide) groups is 1. The largest absolute Gasteiger partial charge is 0.493 e. The van der Waals surface area contributed by atoms with Gasteiger partial charge in [0, 0.05) is 17.1 Å². The van der Waals surface area contributed by atoms with Gasteiger partial charge >= 0.3 is 0 Å². The number of carbonyl (C=O) groups is 1. The second-order valence-corrected chi connectivity index (χ2v) is 7.43. The molecular weight excluding hydrogens is 338 g/mol. The first-order valence-electron chi connectivity index (χ1n) is 7.10. The third-order valence-electron chi connectivity index (χ3n) is 3.02. The van der Waals surface area contributed by atoms with Gasteiger partial charge in [-0.1, -0.05) is 49.4 Å². The van der Waals surface area contributed by atoms with Gasteiger partial charge in [-0.3, -0.25) is 9.69 Å². The van der Waals surface area contributed by atoms with Crippen LogP contribution in [0.3, 0.4) is 0 Å². The zero-order valence-electron chi connectivity index (χ0n) is 12.8. The van der Waals surface area contributed by atoms with Crippen molar-refractivity contribution in [3.8, 4) is 5.75 Å². The van der Waals surface area contributed by atoms with Crippen LogP contribution in [0.25, 0.3) is 6.08 Å². The Kier molecular flexibility index (Phi) is 5.89. The van der Waals surface area contributed by atoms with Crippen molar-refractivity contribution in [3.63, 3.8) is 0 Å². The predicted octanol–water partition coefficient (Wildman–Crippen LogP) is 4.60. The maximum absolute atomic E-state index is 12.3. The van der Waals surface area contributed by atoms with Crippen LogP contribution in [0.5, 0.6) is 5.75 Å². The van der Waals surface area contributed by atoms with E-state index in [-0.39, 0.29) is 5.91 Å². The number of thiocarbonyl (C=S) groups is 1. The van der Waals surface area contributed by atoms with E-state index in [0.717, 1.165) is 11.3 Å². The Morgan fingerprint density at radius 3 is 2.77 bits per heavy atom. The summed E-state index contributed by atoms with van der Waals surface area (Å²) in [5.41, 5.74) is 0.796. The molecule has 3 nitrogen and oxygen atoms in total. The molecule has 0 saturated carbocycles. The lowest BCUT2D eigenvalue weighted by atomic mass is 10.1. The SMILES string of the molecule is CCN1C(=O)/C(=C/c2cc(Cl)ccc2OCC(C)C)SC1=S. The summed E-state index contributed by atoms with van der Waals surface area (Å²) >= 11 is 12.6. The number of halogens is 1. The van der Waals surface area contributed by atoms with Gasteiger partial charge in [0.25, 0.3) is 5.91 Å². The molecule has 0 bridgehead atoms. The number of carbonyl (C=O) groups excluding carboxylic acids is 1. The lowest BCUT2D eigenvalue weighted by molar-refractivity contribution is -0.121. The second-order valence-electron chi connectivity index (χ2n) is 5.31. The molecule has 1 amide bonds. The molecule has 1 aliphatic heterocycles. The molecule has 1 fully saturated rings. The van der Waals surface area contributed by atoms with Crippen molar-refractivity contribution in [1.82, 2.24) is 4.90 Å². The van der Waals surface area contributed by atoms with E-state index in [1.807, 2.05) is 13.0 Å². The maximum Gasteiger partial charge on any atom is 0.266 e. The zero-order valence-corrected chi connectivity index (χ0v) is 15.1. The van der Waals surface area contributed by atoms with E-state index in [0.29, 0.717) is 33.3 Å². The summed E-state index contributed by atoms with van der Waals surface area (Å²) < 4.78 is 6.40. The van der Waals surface area contributed by atoms with Crippen LogP contribution in [0, 0.1) is 5.92 Å². The van der Waals surface area contributed by atoms with Crippen molar-refractivity contribution >= 4 is 51.9 Å². The average molecular weight is 356 g/mol. The highest BCUT2D eigenvalue weighted by molar-refractivity contribution is 8.26. The van der Waals surface area contributed by atoms with Crippen molar-refractivity contribution in [2.24, 2.45) is 5.92 Å². The summed E-state index contributed by atoms with van der Waals surface area (Å²) in [4.78, 5) is 14.5. The topological polar surface area (TPSA) is 29.5 Å². The number of benzene rings is 1. The van der Waals surface area contributed by atoms with E-state index >= 15 is 0 Å². The molecular formula is C16H18ClNO2S2. The van der Waals surface area contributed by atoms with Crippen molar-refractivity contribution in [1.29, 1.82) is 0 Å². The first-order valence-corrected chi connectivity index (χ1v) is 8.70. The Morgan fingerprint density at radius 1 is 1.45 bits per heavy atom. The van der Waals surface area contributed by atoms with Crippen LogP contribution in [0.4, 0.5) is 0 Å². The van der Waals surface area contributed by atoms with E-state index < -0.39 is 0 Å². The third kappa shape index (κ3) is 4.03. The number of nitrogens with zero attached hydrogens (tertiary/aromatic N) is 1. The fourth-order valence-electron chi connectivity index (χ4n) is 1.93. The lowest BCUT2D eigenvalue weighted by Crippen LogP contribution is -2.27. The van der Waals surface area contributed by atoms with Gasteiger partial charge in [-0.25, -0.2) is 0 Å². The smallest absolute Gasteiger partial charge is 0.266 e. The van der Waals surface area contributed by atoms with Crippen molar-refractivity contribution in [3.05, 3.63) is 33.7 Å². The van der Waals surface area contributed by atoms with Crippen LogP contribution >= 0.6 is 35.6 Å². The number of likely N-dealkylation sites (N-methyl/N-ethyl adjacent to an activating group) is 1. The van der Waals surface area contributed by atoms with E-state index in [1.165, 1.54) is 11.8 Å². The fraction of sp³-hybridized carbons (Fsp3) is 0.375. The molecule has 1 aromatic rings. The van der Waals surface area contributed by atoms with Crippen molar-refractivity contribution < 1.29 is 9.53 Å². The van der Waals surface area contributed by atoms with Crippen LogP contribution in [0.1, 0.15) is 26.3 Å². The van der Waals surface area contributed by atoms with Gasteiger partial charge in [0.05, 0.1) is 11.5 Å². The molecule has 118 valence electrons. The van der Waals surface area contributed by atoms with Gasteiger partial charge in [0.1, 0.15) is 10.1 Å². The molecule has 0 aromatic heterocycles. The summed E-state index contributed by atoms with van der Waals surface area (Å²) in [7, 11) is 0. The number of hydrogen-bond donors (Lipinski definition) is 0. The van der Waals surface area contributed by atoms with Crippen LogP contribution in [0.2, 0.25) is 5.02 Å². The second kappa shape index (κ2) is 7.49. The van der Waals surface area contributed by atoms with Crippen LogP contribution in [-0.2, 0) is 4.79 Å². The average Bonchev–Trinajstić information content (AvgIpc) is 2.72. The molecule has 1 heterocycles. The Balaban J connectivity index is 2.32. The predicted molar refractivity (Wildman–Crippen MR) is 97.3 cm³/mol. The Bertz CT molecular complexity index is 629. The molecule has 0 aliphatic carbocycles. The number of rotatable bonds is 5. The van der Waals surface area contributed by atoms with Gasteiger partial charge < -0.3 is 4.74 Å². The summed E-state index contributed by atoms with van der Waals surface area (Å²) in [6.45, 7) is 7.26. The van der Waals surface area contributed by atoms with Gasteiger partial charge in [-0.2, -0.15) is 0 Å². The number of ether oxygens (including phenoxy) is 1. The molecule has 22 heavy (non-hydrogen) atoms. The minimum atomic E-state index is -0.0627. The monoisotopic (exact) mass is 355 g/mol. The highest BCUT2D eigenvalue weighted by atomic mass is 35.5. The first kappa shape index (κ1) is 17.3. The summed E-state index contributed by atoms with van der Waals surface area (Å²) in [6.07, 6.45) is 1.80. The number of amides is 1. The molecule has 0 unspecified atom stereocenters. The highest BCUT2D eigenvalue weighted by Crippen LogP contribution is 2.34. The summed E-state index contributed by atoms with van der Waals surface area (Å²) in [5.74, 6) is 1.08. The van der Waals surface area contributed by atoms with Crippen LogP contribution in [-0.4, -0.2) is 28.3 Å². The quantitative estimate of drug-likeness (QED) is 0.570. The fourth-order valence-corrected chi connectivity index (χ4v) is 3.49. The van der Waals surface area contributed by atoms with E-state index in [4.69, 9.17) is 28.6 Å². The molecule has 1 saturated heterocycles. The molecule has 0 atom stereocenters. The minimum absolute atomic E-state index is 0.0627. The van der Waals surface area contributed by atoms with Gasteiger partial charge in [0.2, 0.25) is 0 Å². The minimum Gasteiger partial charge on any atom is -0.493 e. The molecule has 6 heteroatoms. The molecule has 0 spiro atoms. The molecule has 0 radical (unpaired) electrons.